The predicted octanol–water partition coefficient (Wildman–Crippen LogP) is 1.02. The zero-order chi connectivity index (χ0) is 8.69. The van der Waals surface area contributed by atoms with Crippen LogP contribution in [0.5, 0.6) is 0 Å². The highest BCUT2D eigenvalue weighted by atomic mass is 16.4. The molecule has 0 bridgehead atoms. The molecule has 0 radical (unpaired) electrons. The Balaban J connectivity index is 3.28. The molecule has 0 saturated heterocycles. The van der Waals surface area contributed by atoms with Crippen LogP contribution in [0.1, 0.15) is 19.8 Å². The van der Waals surface area contributed by atoms with E-state index in [0.29, 0.717) is 6.42 Å². The number of carbonyl (C=O) groups is 1. The summed E-state index contributed by atoms with van der Waals surface area (Å²) in [6.45, 7) is 6.25. The van der Waals surface area contributed by atoms with E-state index in [1.807, 2.05) is 6.92 Å². The number of hydrogen-bond donors (Lipinski definition) is 2. The van der Waals surface area contributed by atoms with Crippen LogP contribution in [-0.4, -0.2) is 23.7 Å². The van der Waals surface area contributed by atoms with E-state index in [0.717, 1.165) is 6.54 Å². The van der Waals surface area contributed by atoms with Gasteiger partial charge in [0.05, 0.1) is 0 Å². The largest absolute Gasteiger partial charge is 0.481 e. The minimum Gasteiger partial charge on any atom is -0.481 e. The molecule has 3 nitrogen and oxygen atoms in total. The molecule has 1 unspecified atom stereocenters. The molecule has 11 heavy (non-hydrogen) atoms. The zero-order valence-corrected chi connectivity index (χ0v) is 6.84. The SMILES string of the molecule is C=CCNC(C)CCC(=O)O. The second-order valence-corrected chi connectivity index (χ2v) is 2.53. The van der Waals surface area contributed by atoms with Crippen molar-refractivity contribution < 1.29 is 9.90 Å². The normalized spacial score (nSPS) is 12.5. The topological polar surface area (TPSA) is 49.3 Å². The summed E-state index contributed by atoms with van der Waals surface area (Å²) in [5.74, 6) is -0.739. The number of nitrogens with one attached hydrogen (secondary N) is 1. The van der Waals surface area contributed by atoms with Crippen molar-refractivity contribution >= 4 is 5.97 Å². The minimum atomic E-state index is -0.739. The van der Waals surface area contributed by atoms with Gasteiger partial charge >= 0.3 is 5.97 Å². The van der Waals surface area contributed by atoms with Gasteiger partial charge < -0.3 is 10.4 Å². The number of hydrogen-bond acceptors (Lipinski definition) is 2. The van der Waals surface area contributed by atoms with E-state index in [4.69, 9.17) is 5.11 Å². The Hall–Kier alpha value is -0.830. The van der Waals surface area contributed by atoms with Crippen molar-refractivity contribution in [3.8, 4) is 0 Å². The van der Waals surface area contributed by atoms with Gasteiger partial charge in [-0.15, -0.1) is 6.58 Å². The van der Waals surface area contributed by atoms with Crippen LogP contribution in [0.3, 0.4) is 0 Å². The summed E-state index contributed by atoms with van der Waals surface area (Å²) < 4.78 is 0. The first-order valence-electron chi connectivity index (χ1n) is 3.73. The molecule has 64 valence electrons. The lowest BCUT2D eigenvalue weighted by Crippen LogP contribution is -2.26. The molecule has 2 N–H and O–H groups in total. The number of carboxylic acids is 1. The third kappa shape index (κ3) is 7.06. The molecule has 0 spiro atoms. The first-order valence-corrected chi connectivity index (χ1v) is 3.73. The summed E-state index contributed by atoms with van der Waals surface area (Å²) in [5.41, 5.74) is 0. The fourth-order valence-electron chi connectivity index (χ4n) is 0.727. The van der Waals surface area contributed by atoms with Gasteiger partial charge in [-0.1, -0.05) is 6.08 Å². The molecule has 0 aromatic carbocycles. The molecule has 0 saturated carbocycles. The fourth-order valence-corrected chi connectivity index (χ4v) is 0.727. The molecule has 0 aromatic rings. The molecule has 0 aliphatic heterocycles. The summed E-state index contributed by atoms with van der Waals surface area (Å²) in [6.07, 6.45) is 2.66. The molecular weight excluding hydrogens is 142 g/mol. The number of rotatable bonds is 6. The number of aliphatic carboxylic acids is 1. The maximum absolute atomic E-state index is 10.1. The van der Waals surface area contributed by atoms with Crippen molar-refractivity contribution in [1.82, 2.24) is 5.32 Å². The third-order valence-electron chi connectivity index (χ3n) is 1.40. The van der Waals surface area contributed by atoms with Gasteiger partial charge in [0, 0.05) is 19.0 Å². The Labute approximate surface area is 67.1 Å². The van der Waals surface area contributed by atoms with Gasteiger partial charge in [0.1, 0.15) is 0 Å². The molecule has 0 aliphatic rings. The van der Waals surface area contributed by atoms with Gasteiger partial charge in [0.15, 0.2) is 0 Å². The summed E-state index contributed by atoms with van der Waals surface area (Å²) in [5, 5.41) is 11.4. The highest BCUT2D eigenvalue weighted by Gasteiger charge is 2.02. The smallest absolute Gasteiger partial charge is 0.303 e. The van der Waals surface area contributed by atoms with Crippen molar-refractivity contribution in [3.05, 3.63) is 12.7 Å². The van der Waals surface area contributed by atoms with Gasteiger partial charge in [-0.2, -0.15) is 0 Å². The van der Waals surface area contributed by atoms with Gasteiger partial charge in [-0.05, 0) is 13.3 Å². The Morgan fingerprint density at radius 2 is 2.45 bits per heavy atom. The van der Waals surface area contributed by atoms with Gasteiger partial charge in [-0.25, -0.2) is 0 Å². The van der Waals surface area contributed by atoms with Crippen molar-refractivity contribution in [1.29, 1.82) is 0 Å². The molecule has 0 aromatic heterocycles. The van der Waals surface area contributed by atoms with Crippen LogP contribution in [0.15, 0.2) is 12.7 Å². The standard InChI is InChI=1S/C8H15NO2/c1-3-6-9-7(2)4-5-8(10)11/h3,7,9H,1,4-6H2,2H3,(H,10,11). The van der Waals surface area contributed by atoms with Crippen molar-refractivity contribution in [2.45, 2.75) is 25.8 Å². The van der Waals surface area contributed by atoms with E-state index >= 15 is 0 Å². The van der Waals surface area contributed by atoms with Crippen molar-refractivity contribution in [2.75, 3.05) is 6.54 Å². The van der Waals surface area contributed by atoms with Crippen molar-refractivity contribution in [3.63, 3.8) is 0 Å². The van der Waals surface area contributed by atoms with Crippen LogP contribution < -0.4 is 5.32 Å². The Morgan fingerprint density at radius 1 is 1.82 bits per heavy atom. The first-order chi connectivity index (χ1) is 5.16. The average molecular weight is 157 g/mol. The average Bonchev–Trinajstić information content (AvgIpc) is 1.97. The van der Waals surface area contributed by atoms with Crippen LogP contribution in [-0.2, 0) is 4.79 Å². The lowest BCUT2D eigenvalue weighted by Gasteiger charge is -2.09. The lowest BCUT2D eigenvalue weighted by molar-refractivity contribution is -0.137. The molecule has 0 aliphatic carbocycles. The molecule has 3 heteroatoms. The number of carboxylic acid groups (broad SMARTS) is 1. The Morgan fingerprint density at radius 3 is 2.91 bits per heavy atom. The van der Waals surface area contributed by atoms with Crippen LogP contribution in [0, 0.1) is 0 Å². The highest BCUT2D eigenvalue weighted by molar-refractivity contribution is 5.66. The quantitative estimate of drug-likeness (QED) is 0.566. The van der Waals surface area contributed by atoms with Crippen LogP contribution in [0.4, 0.5) is 0 Å². The molecule has 0 heterocycles. The lowest BCUT2D eigenvalue weighted by atomic mass is 10.2. The molecule has 0 rings (SSSR count). The third-order valence-corrected chi connectivity index (χ3v) is 1.40. The maximum Gasteiger partial charge on any atom is 0.303 e. The molecule has 0 fully saturated rings. The van der Waals surface area contributed by atoms with Crippen LogP contribution >= 0.6 is 0 Å². The predicted molar refractivity (Wildman–Crippen MR) is 44.5 cm³/mol. The second-order valence-electron chi connectivity index (χ2n) is 2.53. The van der Waals surface area contributed by atoms with Gasteiger partial charge in [0.25, 0.3) is 0 Å². The van der Waals surface area contributed by atoms with E-state index in [1.165, 1.54) is 0 Å². The van der Waals surface area contributed by atoms with E-state index in [9.17, 15) is 4.79 Å². The summed E-state index contributed by atoms with van der Waals surface area (Å²) >= 11 is 0. The first kappa shape index (κ1) is 10.2. The monoisotopic (exact) mass is 157 g/mol. The Kier molecular flexibility index (Phi) is 5.47. The van der Waals surface area contributed by atoms with E-state index in [2.05, 4.69) is 11.9 Å². The Bertz CT molecular complexity index is 134. The second kappa shape index (κ2) is 5.92. The molecule has 0 amide bonds. The van der Waals surface area contributed by atoms with Crippen LogP contribution in [0.2, 0.25) is 0 Å². The van der Waals surface area contributed by atoms with Gasteiger partial charge in [-0.3, -0.25) is 4.79 Å². The van der Waals surface area contributed by atoms with Crippen LogP contribution in [0.25, 0.3) is 0 Å². The zero-order valence-electron chi connectivity index (χ0n) is 6.84. The van der Waals surface area contributed by atoms with Crippen molar-refractivity contribution in [2.24, 2.45) is 0 Å². The van der Waals surface area contributed by atoms with E-state index in [-0.39, 0.29) is 12.5 Å². The summed E-state index contributed by atoms with van der Waals surface area (Å²) in [6, 6.07) is 0.254. The maximum atomic E-state index is 10.1. The summed E-state index contributed by atoms with van der Waals surface area (Å²) in [7, 11) is 0. The minimum absolute atomic E-state index is 0.227. The van der Waals surface area contributed by atoms with E-state index in [1.54, 1.807) is 6.08 Å². The van der Waals surface area contributed by atoms with E-state index < -0.39 is 5.97 Å². The fraction of sp³-hybridized carbons (Fsp3) is 0.625. The molecule has 1 atom stereocenters. The van der Waals surface area contributed by atoms with Gasteiger partial charge in [0.2, 0.25) is 0 Å². The molecular formula is C8H15NO2. The highest BCUT2D eigenvalue weighted by Crippen LogP contribution is 1.95. The summed E-state index contributed by atoms with van der Waals surface area (Å²) in [4.78, 5) is 10.1.